The summed E-state index contributed by atoms with van der Waals surface area (Å²) in [5.41, 5.74) is 6.20. The van der Waals surface area contributed by atoms with Crippen LogP contribution >= 0.6 is 0 Å². The molecule has 1 aliphatic heterocycles. The maximum absolute atomic E-state index is 11.6. The van der Waals surface area contributed by atoms with Crippen molar-refractivity contribution in [1.29, 1.82) is 0 Å². The fourth-order valence-corrected chi connectivity index (χ4v) is 3.05. The third kappa shape index (κ3) is 4.52. The minimum atomic E-state index is -0.700. The van der Waals surface area contributed by atoms with Crippen molar-refractivity contribution in [2.75, 3.05) is 58.9 Å². The zero-order chi connectivity index (χ0) is 19.9. The molecule has 2 aromatic rings. The van der Waals surface area contributed by atoms with Gasteiger partial charge < -0.3 is 29.7 Å². The van der Waals surface area contributed by atoms with Gasteiger partial charge in [0.2, 0.25) is 17.7 Å². The molecule has 0 aromatic carbocycles. The molecular formula is C18H25N5O5. The highest BCUT2D eigenvalue weighted by molar-refractivity contribution is 5.98. The Morgan fingerprint density at radius 3 is 2.54 bits per heavy atom. The second kappa shape index (κ2) is 9.38. The Labute approximate surface area is 163 Å². The van der Waals surface area contributed by atoms with Gasteiger partial charge in [0, 0.05) is 25.2 Å². The molecule has 10 heteroatoms. The first-order valence-electron chi connectivity index (χ1n) is 9.05. The van der Waals surface area contributed by atoms with E-state index in [1.807, 2.05) is 0 Å². The monoisotopic (exact) mass is 391 g/mol. The molecule has 3 N–H and O–H groups in total. The number of methoxy groups -OCH3 is 2. The van der Waals surface area contributed by atoms with E-state index in [0.717, 1.165) is 39.3 Å². The first-order chi connectivity index (χ1) is 13.6. The predicted molar refractivity (Wildman–Crippen MR) is 102 cm³/mol. The Morgan fingerprint density at radius 2 is 1.93 bits per heavy atom. The summed E-state index contributed by atoms with van der Waals surface area (Å²) < 4.78 is 21.3. The Kier molecular flexibility index (Phi) is 6.66. The zero-order valence-corrected chi connectivity index (χ0v) is 16.1. The van der Waals surface area contributed by atoms with Crippen molar-refractivity contribution < 1.29 is 23.4 Å². The lowest BCUT2D eigenvalue weighted by molar-refractivity contribution is 0.0378. The normalized spacial score (nSPS) is 14.6. The van der Waals surface area contributed by atoms with Crippen molar-refractivity contribution in [3.8, 4) is 22.9 Å². The van der Waals surface area contributed by atoms with Gasteiger partial charge in [-0.25, -0.2) is 0 Å². The summed E-state index contributed by atoms with van der Waals surface area (Å²) in [7, 11) is 2.97. The van der Waals surface area contributed by atoms with E-state index >= 15 is 0 Å². The number of morpholine rings is 1. The van der Waals surface area contributed by atoms with Crippen LogP contribution in [0.3, 0.4) is 0 Å². The van der Waals surface area contributed by atoms with E-state index in [2.05, 4.69) is 20.2 Å². The number of amides is 1. The first-order valence-corrected chi connectivity index (χ1v) is 9.05. The highest BCUT2D eigenvalue weighted by Gasteiger charge is 2.24. The fraction of sp³-hybridized carbons (Fsp3) is 0.500. The molecule has 3 rings (SSSR count). The van der Waals surface area contributed by atoms with Crippen LogP contribution < -0.4 is 20.5 Å². The summed E-state index contributed by atoms with van der Waals surface area (Å²) in [5.74, 6) is 0.183. The van der Waals surface area contributed by atoms with E-state index in [9.17, 15) is 4.79 Å². The molecule has 28 heavy (non-hydrogen) atoms. The molecule has 0 saturated carbocycles. The molecule has 1 amide bonds. The van der Waals surface area contributed by atoms with Gasteiger partial charge >= 0.3 is 0 Å². The van der Waals surface area contributed by atoms with Gasteiger partial charge in [-0.3, -0.25) is 9.69 Å². The molecular weight excluding hydrogens is 366 g/mol. The van der Waals surface area contributed by atoms with E-state index < -0.39 is 5.91 Å². The molecule has 1 saturated heterocycles. The van der Waals surface area contributed by atoms with Gasteiger partial charge in [0.05, 0.1) is 33.7 Å². The van der Waals surface area contributed by atoms with Gasteiger partial charge in [-0.05, 0) is 19.0 Å². The van der Waals surface area contributed by atoms with Crippen LogP contribution in [0, 0.1) is 0 Å². The maximum atomic E-state index is 11.6. The van der Waals surface area contributed by atoms with Gasteiger partial charge in [-0.2, -0.15) is 9.97 Å². The summed E-state index contributed by atoms with van der Waals surface area (Å²) >= 11 is 0. The number of ether oxygens (including phenoxy) is 3. The summed E-state index contributed by atoms with van der Waals surface area (Å²) in [4.78, 5) is 22.7. The SMILES string of the molecule is COc1nc(NCCCN2CCOCC2)nc(OC)c1-c1ccoc1C(N)=O. The molecule has 1 fully saturated rings. The maximum Gasteiger partial charge on any atom is 0.285 e. The average Bonchev–Trinajstić information content (AvgIpc) is 3.21. The number of carbonyl (C=O) groups excluding carboxylic acids is 1. The van der Waals surface area contributed by atoms with Crippen molar-refractivity contribution in [2.24, 2.45) is 5.73 Å². The number of rotatable bonds is 9. The number of nitrogens with two attached hydrogens (primary N) is 1. The number of aromatic nitrogens is 2. The van der Waals surface area contributed by atoms with E-state index in [-0.39, 0.29) is 17.5 Å². The number of hydrogen-bond donors (Lipinski definition) is 2. The van der Waals surface area contributed by atoms with Crippen LogP contribution in [-0.2, 0) is 4.74 Å². The minimum absolute atomic E-state index is 0.00794. The highest BCUT2D eigenvalue weighted by atomic mass is 16.5. The predicted octanol–water partition coefficient (Wildman–Crippen LogP) is 0.987. The van der Waals surface area contributed by atoms with Crippen molar-refractivity contribution in [3.63, 3.8) is 0 Å². The van der Waals surface area contributed by atoms with Crippen LogP contribution in [0.2, 0.25) is 0 Å². The summed E-state index contributed by atoms with van der Waals surface area (Å²) in [6, 6.07) is 1.60. The van der Waals surface area contributed by atoms with Crippen LogP contribution in [-0.4, -0.2) is 74.4 Å². The molecule has 0 aliphatic carbocycles. The van der Waals surface area contributed by atoms with Crippen LogP contribution in [0.15, 0.2) is 16.7 Å². The van der Waals surface area contributed by atoms with Crippen molar-refractivity contribution in [1.82, 2.24) is 14.9 Å². The highest BCUT2D eigenvalue weighted by Crippen LogP contribution is 2.38. The second-order valence-corrected chi connectivity index (χ2v) is 6.20. The molecule has 0 radical (unpaired) electrons. The average molecular weight is 391 g/mol. The molecule has 10 nitrogen and oxygen atoms in total. The van der Waals surface area contributed by atoms with Gasteiger partial charge in [0.25, 0.3) is 5.91 Å². The van der Waals surface area contributed by atoms with Gasteiger partial charge in [0.1, 0.15) is 5.56 Å². The van der Waals surface area contributed by atoms with Crippen LogP contribution in [0.25, 0.3) is 11.1 Å². The number of hydrogen-bond acceptors (Lipinski definition) is 9. The van der Waals surface area contributed by atoms with Gasteiger partial charge in [-0.1, -0.05) is 0 Å². The smallest absolute Gasteiger partial charge is 0.285 e. The minimum Gasteiger partial charge on any atom is -0.480 e. The second-order valence-electron chi connectivity index (χ2n) is 6.20. The first kappa shape index (κ1) is 19.9. The number of carbonyl (C=O) groups is 1. The largest absolute Gasteiger partial charge is 0.480 e. The van der Waals surface area contributed by atoms with E-state index in [4.69, 9.17) is 24.4 Å². The lowest BCUT2D eigenvalue weighted by atomic mass is 10.1. The van der Waals surface area contributed by atoms with E-state index in [0.29, 0.717) is 23.6 Å². The number of primary amides is 1. The van der Waals surface area contributed by atoms with Crippen LogP contribution in [0.5, 0.6) is 11.8 Å². The third-order valence-electron chi connectivity index (χ3n) is 4.43. The summed E-state index contributed by atoms with van der Waals surface area (Å²) in [5, 5.41) is 3.19. The molecule has 0 spiro atoms. The molecule has 0 bridgehead atoms. The number of nitrogens with zero attached hydrogens (tertiary/aromatic N) is 3. The third-order valence-corrected chi connectivity index (χ3v) is 4.43. The molecule has 0 atom stereocenters. The lowest BCUT2D eigenvalue weighted by Gasteiger charge is -2.26. The standard InChI is InChI=1S/C18H25N5O5/c1-25-16-13(12-4-9-28-14(12)15(19)24)17(26-2)22-18(21-16)20-5-3-6-23-7-10-27-11-8-23/h4,9H,3,5-8,10-11H2,1-2H3,(H2,19,24)(H,20,21,22). The van der Waals surface area contributed by atoms with Crippen molar-refractivity contribution >= 4 is 11.9 Å². The fourth-order valence-electron chi connectivity index (χ4n) is 3.05. The molecule has 3 heterocycles. The topological polar surface area (TPSA) is 125 Å². The summed E-state index contributed by atoms with van der Waals surface area (Å²) in [6.07, 6.45) is 2.30. The number of furan rings is 1. The quantitative estimate of drug-likeness (QED) is 0.602. The Hall–Kier alpha value is -2.85. The Bertz CT molecular complexity index is 778. The number of nitrogens with one attached hydrogen (secondary N) is 1. The summed E-state index contributed by atoms with van der Waals surface area (Å²) in [6.45, 7) is 5.15. The molecule has 2 aromatic heterocycles. The van der Waals surface area contributed by atoms with Crippen molar-refractivity contribution in [2.45, 2.75) is 6.42 Å². The molecule has 152 valence electrons. The zero-order valence-electron chi connectivity index (χ0n) is 16.1. The van der Waals surface area contributed by atoms with Crippen LogP contribution in [0.4, 0.5) is 5.95 Å². The number of anilines is 1. The molecule has 0 unspecified atom stereocenters. The lowest BCUT2D eigenvalue weighted by Crippen LogP contribution is -2.37. The van der Waals surface area contributed by atoms with E-state index in [1.165, 1.54) is 20.5 Å². The van der Waals surface area contributed by atoms with Crippen LogP contribution in [0.1, 0.15) is 17.0 Å². The Morgan fingerprint density at radius 1 is 1.25 bits per heavy atom. The van der Waals surface area contributed by atoms with Gasteiger partial charge in [-0.15, -0.1) is 0 Å². The van der Waals surface area contributed by atoms with Crippen molar-refractivity contribution in [3.05, 3.63) is 18.1 Å². The molecule has 1 aliphatic rings. The van der Waals surface area contributed by atoms with Gasteiger partial charge in [0.15, 0.2) is 5.76 Å². The Balaban J connectivity index is 1.73. The van der Waals surface area contributed by atoms with E-state index in [1.54, 1.807) is 6.07 Å².